The maximum absolute atomic E-state index is 12.3. The molecule has 1 aromatic carbocycles. The lowest BCUT2D eigenvalue weighted by Gasteiger charge is -2.17. The normalized spacial score (nSPS) is 18.4. The highest BCUT2D eigenvalue weighted by Gasteiger charge is 2.33. The summed E-state index contributed by atoms with van der Waals surface area (Å²) in [5, 5.41) is 2.76. The fraction of sp³-hybridized carbons (Fsp3) is 0.467. The van der Waals surface area contributed by atoms with Gasteiger partial charge < -0.3 is 15.0 Å². The van der Waals surface area contributed by atoms with Gasteiger partial charge in [-0.05, 0) is 25.5 Å². The maximum atomic E-state index is 12.3. The second-order valence-corrected chi connectivity index (χ2v) is 4.98. The molecule has 1 aliphatic heterocycles. The van der Waals surface area contributed by atoms with E-state index in [1.54, 1.807) is 12.0 Å². The van der Waals surface area contributed by atoms with Crippen molar-refractivity contribution in [1.29, 1.82) is 0 Å². The largest absolute Gasteiger partial charge is 0.384 e. The van der Waals surface area contributed by atoms with E-state index in [1.165, 1.54) is 0 Å². The van der Waals surface area contributed by atoms with Gasteiger partial charge in [0, 0.05) is 25.8 Å². The van der Waals surface area contributed by atoms with Crippen LogP contribution in [-0.2, 0) is 14.3 Å². The van der Waals surface area contributed by atoms with Crippen molar-refractivity contribution in [3.8, 4) is 0 Å². The third kappa shape index (κ3) is 3.36. The van der Waals surface area contributed by atoms with Crippen LogP contribution in [0, 0.1) is 6.92 Å². The second-order valence-electron chi connectivity index (χ2n) is 4.98. The maximum Gasteiger partial charge on any atom is 0.249 e. The Balaban J connectivity index is 1.95. The molecular formula is C15H20N2O3. The van der Waals surface area contributed by atoms with Crippen LogP contribution in [0.4, 0.5) is 5.69 Å². The van der Waals surface area contributed by atoms with E-state index < -0.39 is 6.04 Å². The van der Waals surface area contributed by atoms with Crippen LogP contribution in [0.25, 0.3) is 0 Å². The van der Waals surface area contributed by atoms with Crippen molar-refractivity contribution in [2.75, 3.05) is 25.2 Å². The monoisotopic (exact) mass is 276 g/mol. The highest BCUT2D eigenvalue weighted by atomic mass is 16.5. The minimum Gasteiger partial charge on any atom is -0.384 e. The molecule has 1 heterocycles. The minimum absolute atomic E-state index is 0.0420. The smallest absolute Gasteiger partial charge is 0.249 e. The van der Waals surface area contributed by atoms with Crippen molar-refractivity contribution in [2.45, 2.75) is 25.8 Å². The molecule has 1 saturated heterocycles. The molecule has 0 saturated carbocycles. The number of nitrogens with one attached hydrogen (secondary N) is 1. The number of nitrogens with zero attached hydrogens (tertiary/aromatic N) is 1. The number of methoxy groups -OCH3 is 1. The first-order chi connectivity index (χ1) is 9.61. The Morgan fingerprint density at radius 1 is 1.40 bits per heavy atom. The molecule has 1 N–H and O–H groups in total. The molecule has 0 bridgehead atoms. The van der Waals surface area contributed by atoms with E-state index in [0.29, 0.717) is 19.6 Å². The van der Waals surface area contributed by atoms with E-state index in [4.69, 9.17) is 4.74 Å². The standard InChI is InChI=1S/C15H20N2O3/c1-11-3-5-12(6-4-11)17-9-7-13(15(17)19)16-14(18)8-10-20-2/h3-6,13H,7-10H2,1-2H3,(H,16,18)/t13-/m0/s1. The first-order valence-electron chi connectivity index (χ1n) is 6.78. The molecule has 2 rings (SSSR count). The highest BCUT2D eigenvalue weighted by molar-refractivity contribution is 6.01. The van der Waals surface area contributed by atoms with Crippen LogP contribution in [0.2, 0.25) is 0 Å². The van der Waals surface area contributed by atoms with E-state index in [-0.39, 0.29) is 18.2 Å². The molecule has 0 spiro atoms. The minimum atomic E-state index is -0.416. The zero-order valence-electron chi connectivity index (χ0n) is 11.9. The SMILES string of the molecule is COCCC(=O)N[C@H]1CCN(c2ccc(C)cc2)C1=O. The van der Waals surface area contributed by atoms with Gasteiger partial charge in [-0.1, -0.05) is 17.7 Å². The van der Waals surface area contributed by atoms with Crippen molar-refractivity contribution in [1.82, 2.24) is 5.32 Å². The predicted octanol–water partition coefficient (Wildman–Crippen LogP) is 1.25. The predicted molar refractivity (Wildman–Crippen MR) is 76.6 cm³/mol. The summed E-state index contributed by atoms with van der Waals surface area (Å²) in [6, 6.07) is 7.41. The number of anilines is 1. The van der Waals surface area contributed by atoms with Crippen molar-refractivity contribution >= 4 is 17.5 Å². The molecule has 5 nitrogen and oxygen atoms in total. The zero-order chi connectivity index (χ0) is 14.5. The van der Waals surface area contributed by atoms with Gasteiger partial charge in [0.2, 0.25) is 11.8 Å². The Bertz CT molecular complexity index is 484. The number of hydrogen-bond donors (Lipinski definition) is 1. The fourth-order valence-electron chi connectivity index (χ4n) is 2.26. The van der Waals surface area contributed by atoms with E-state index >= 15 is 0 Å². The zero-order valence-corrected chi connectivity index (χ0v) is 11.9. The second kappa shape index (κ2) is 6.52. The highest BCUT2D eigenvalue weighted by Crippen LogP contribution is 2.21. The van der Waals surface area contributed by atoms with Gasteiger partial charge >= 0.3 is 0 Å². The van der Waals surface area contributed by atoms with Crippen LogP contribution in [0.5, 0.6) is 0 Å². The van der Waals surface area contributed by atoms with Gasteiger partial charge in [0.15, 0.2) is 0 Å². The topological polar surface area (TPSA) is 58.6 Å². The summed E-state index contributed by atoms with van der Waals surface area (Å²) in [5.41, 5.74) is 2.04. The molecule has 1 fully saturated rings. The Morgan fingerprint density at radius 3 is 2.75 bits per heavy atom. The lowest BCUT2D eigenvalue weighted by atomic mass is 10.2. The summed E-state index contributed by atoms with van der Waals surface area (Å²) >= 11 is 0. The number of benzene rings is 1. The van der Waals surface area contributed by atoms with E-state index in [9.17, 15) is 9.59 Å². The Labute approximate surface area is 118 Å². The molecule has 108 valence electrons. The summed E-state index contributed by atoms with van der Waals surface area (Å²) in [5.74, 6) is -0.185. The van der Waals surface area contributed by atoms with Crippen molar-refractivity contribution in [2.24, 2.45) is 0 Å². The fourth-order valence-corrected chi connectivity index (χ4v) is 2.26. The molecule has 0 radical (unpaired) electrons. The molecule has 1 aliphatic rings. The number of hydrogen-bond acceptors (Lipinski definition) is 3. The van der Waals surface area contributed by atoms with Gasteiger partial charge in [0.25, 0.3) is 0 Å². The molecular weight excluding hydrogens is 256 g/mol. The summed E-state index contributed by atoms with van der Waals surface area (Å²) in [6.45, 7) is 3.01. The summed E-state index contributed by atoms with van der Waals surface area (Å²) in [6.07, 6.45) is 0.927. The number of aryl methyl sites for hydroxylation is 1. The molecule has 0 aromatic heterocycles. The molecule has 20 heavy (non-hydrogen) atoms. The first-order valence-corrected chi connectivity index (χ1v) is 6.78. The van der Waals surface area contributed by atoms with Crippen LogP contribution in [-0.4, -0.2) is 38.1 Å². The van der Waals surface area contributed by atoms with Crippen LogP contribution in [0.15, 0.2) is 24.3 Å². The number of carbonyl (C=O) groups excluding carboxylic acids is 2. The molecule has 0 unspecified atom stereocenters. The Kier molecular flexibility index (Phi) is 4.74. The third-order valence-electron chi connectivity index (χ3n) is 3.42. The van der Waals surface area contributed by atoms with Crippen LogP contribution in [0.1, 0.15) is 18.4 Å². The lowest BCUT2D eigenvalue weighted by molar-refractivity contribution is -0.127. The molecule has 2 amide bonds. The molecule has 1 atom stereocenters. The number of rotatable bonds is 5. The summed E-state index contributed by atoms with van der Waals surface area (Å²) in [4.78, 5) is 25.6. The first kappa shape index (κ1) is 14.5. The lowest BCUT2D eigenvalue weighted by Crippen LogP contribution is -2.41. The van der Waals surface area contributed by atoms with Crippen molar-refractivity contribution < 1.29 is 14.3 Å². The van der Waals surface area contributed by atoms with E-state index in [1.807, 2.05) is 31.2 Å². The average Bonchev–Trinajstić information content (AvgIpc) is 2.79. The summed E-state index contributed by atoms with van der Waals surface area (Å²) < 4.78 is 4.85. The Morgan fingerprint density at radius 2 is 2.10 bits per heavy atom. The van der Waals surface area contributed by atoms with E-state index in [0.717, 1.165) is 11.3 Å². The van der Waals surface area contributed by atoms with Crippen molar-refractivity contribution in [3.63, 3.8) is 0 Å². The Hall–Kier alpha value is -1.88. The van der Waals surface area contributed by atoms with Crippen LogP contribution >= 0.6 is 0 Å². The van der Waals surface area contributed by atoms with Gasteiger partial charge in [0.05, 0.1) is 6.61 Å². The van der Waals surface area contributed by atoms with Gasteiger partial charge in [0.1, 0.15) is 6.04 Å². The average molecular weight is 276 g/mol. The molecule has 5 heteroatoms. The quantitative estimate of drug-likeness (QED) is 0.880. The van der Waals surface area contributed by atoms with Gasteiger partial charge in [-0.25, -0.2) is 0 Å². The number of amides is 2. The van der Waals surface area contributed by atoms with Gasteiger partial charge in [-0.2, -0.15) is 0 Å². The number of carbonyl (C=O) groups is 2. The van der Waals surface area contributed by atoms with Gasteiger partial charge in [-0.15, -0.1) is 0 Å². The third-order valence-corrected chi connectivity index (χ3v) is 3.42. The number of ether oxygens (including phenoxy) is 1. The van der Waals surface area contributed by atoms with Crippen LogP contribution in [0.3, 0.4) is 0 Å². The van der Waals surface area contributed by atoms with Gasteiger partial charge in [-0.3, -0.25) is 9.59 Å². The summed E-state index contributed by atoms with van der Waals surface area (Å²) in [7, 11) is 1.55. The molecule has 0 aliphatic carbocycles. The molecule has 1 aromatic rings. The van der Waals surface area contributed by atoms with E-state index in [2.05, 4.69) is 5.32 Å². The van der Waals surface area contributed by atoms with Crippen molar-refractivity contribution in [3.05, 3.63) is 29.8 Å². The van der Waals surface area contributed by atoms with Crippen LogP contribution < -0.4 is 10.2 Å².